The van der Waals surface area contributed by atoms with Crippen molar-refractivity contribution in [3.8, 4) is 0 Å². The largest absolute Gasteiger partial charge is 0.361 e. The first-order valence-corrected chi connectivity index (χ1v) is 7.50. The highest BCUT2D eigenvalue weighted by Crippen LogP contribution is 2.33. The molecule has 1 N–H and O–H groups in total. The van der Waals surface area contributed by atoms with Gasteiger partial charge < -0.3 is 10.2 Å². The van der Waals surface area contributed by atoms with Crippen molar-refractivity contribution in [2.24, 2.45) is 0 Å². The quantitative estimate of drug-likeness (QED) is 0.915. The summed E-state index contributed by atoms with van der Waals surface area (Å²) in [5, 5.41) is 4.16. The Kier molecular flexibility index (Phi) is 3.84. The summed E-state index contributed by atoms with van der Waals surface area (Å²) in [6.45, 7) is 2.79. The Hall–Kier alpha value is -2.00. The van der Waals surface area contributed by atoms with Crippen LogP contribution in [0.1, 0.15) is 35.4 Å². The van der Waals surface area contributed by atoms with Gasteiger partial charge in [-0.3, -0.25) is 4.79 Å². The van der Waals surface area contributed by atoms with E-state index in [1.54, 1.807) is 0 Å². The number of halogens is 1. The predicted molar refractivity (Wildman–Crippen MR) is 85.6 cm³/mol. The maximum atomic E-state index is 12.7. The average molecular weight is 301 g/mol. The van der Waals surface area contributed by atoms with Crippen molar-refractivity contribution < 1.29 is 4.79 Å². The highest BCUT2D eigenvalue weighted by atomic mass is 35.5. The molecule has 0 bridgehead atoms. The molecular formula is C17H17ClN2O. The number of benzene rings is 2. The Morgan fingerprint density at radius 1 is 1.14 bits per heavy atom. The second kappa shape index (κ2) is 5.78. The third-order valence-corrected chi connectivity index (χ3v) is 3.92. The molecule has 0 unspecified atom stereocenters. The number of anilines is 1. The molecule has 2 aromatic carbocycles. The molecule has 1 aliphatic heterocycles. The van der Waals surface area contributed by atoms with E-state index in [4.69, 9.17) is 11.6 Å². The molecule has 0 radical (unpaired) electrons. The number of para-hydroxylation sites is 1. The van der Waals surface area contributed by atoms with Gasteiger partial charge in [-0.1, -0.05) is 42.8 Å². The topological polar surface area (TPSA) is 32.3 Å². The fourth-order valence-electron chi connectivity index (χ4n) is 2.67. The molecule has 4 heteroatoms. The highest BCUT2D eigenvalue weighted by molar-refractivity contribution is 6.30. The summed E-state index contributed by atoms with van der Waals surface area (Å²) in [7, 11) is 0. The number of carbonyl (C=O) groups excluding carboxylic acids is 1. The van der Waals surface area contributed by atoms with Gasteiger partial charge in [-0.05, 0) is 36.2 Å². The molecule has 3 nitrogen and oxygen atoms in total. The maximum Gasteiger partial charge on any atom is 0.257 e. The summed E-state index contributed by atoms with van der Waals surface area (Å²) in [5.74, 6) is 0.0751. The molecular weight excluding hydrogens is 284 g/mol. The van der Waals surface area contributed by atoms with E-state index in [-0.39, 0.29) is 12.1 Å². The van der Waals surface area contributed by atoms with Crippen LogP contribution in [-0.4, -0.2) is 17.4 Å². The number of hydrogen-bond donors (Lipinski definition) is 1. The smallest absolute Gasteiger partial charge is 0.257 e. The molecule has 0 fully saturated rings. The summed E-state index contributed by atoms with van der Waals surface area (Å²) in [6.07, 6.45) is 0.768. The van der Waals surface area contributed by atoms with Crippen LogP contribution in [0, 0.1) is 0 Å². The van der Waals surface area contributed by atoms with Gasteiger partial charge in [0.2, 0.25) is 0 Å². The molecule has 0 aliphatic carbocycles. The summed E-state index contributed by atoms with van der Waals surface area (Å²) < 4.78 is 0. The summed E-state index contributed by atoms with van der Waals surface area (Å²) in [5.41, 5.74) is 2.65. The van der Waals surface area contributed by atoms with Crippen molar-refractivity contribution in [3.05, 3.63) is 64.7 Å². The Labute approximate surface area is 129 Å². The Morgan fingerprint density at radius 3 is 2.57 bits per heavy atom. The summed E-state index contributed by atoms with van der Waals surface area (Å²) in [6, 6.07) is 15.3. The van der Waals surface area contributed by atoms with Crippen LogP contribution in [0.2, 0.25) is 5.02 Å². The van der Waals surface area contributed by atoms with Crippen molar-refractivity contribution in [1.82, 2.24) is 4.90 Å². The average Bonchev–Trinajstić information content (AvgIpc) is 2.51. The number of rotatable bonds is 3. The lowest BCUT2D eigenvalue weighted by Crippen LogP contribution is -2.43. The van der Waals surface area contributed by atoms with Crippen molar-refractivity contribution in [2.45, 2.75) is 19.5 Å². The molecule has 0 aromatic heterocycles. The lowest BCUT2D eigenvalue weighted by atomic mass is 10.0. The van der Waals surface area contributed by atoms with E-state index in [0.717, 1.165) is 23.2 Å². The monoisotopic (exact) mass is 300 g/mol. The third-order valence-electron chi connectivity index (χ3n) is 3.67. The fourth-order valence-corrected chi connectivity index (χ4v) is 2.80. The van der Waals surface area contributed by atoms with E-state index < -0.39 is 0 Å². The Morgan fingerprint density at radius 2 is 1.86 bits per heavy atom. The first-order chi connectivity index (χ1) is 10.2. The van der Waals surface area contributed by atoms with Crippen LogP contribution < -0.4 is 5.32 Å². The molecule has 21 heavy (non-hydrogen) atoms. The molecule has 1 aliphatic rings. The Balaban J connectivity index is 2.02. The standard InChI is InChI=1S/C17H17ClN2O/c1-2-11-20-16(12-7-9-13(18)10-8-12)19-15-6-4-3-5-14(15)17(20)21/h3-10,16,19H,2,11H2,1H3/t16-/m0/s1. The molecule has 2 aromatic rings. The van der Waals surface area contributed by atoms with Gasteiger partial charge >= 0.3 is 0 Å². The van der Waals surface area contributed by atoms with E-state index in [1.165, 1.54) is 0 Å². The van der Waals surface area contributed by atoms with E-state index >= 15 is 0 Å². The van der Waals surface area contributed by atoms with Crippen LogP contribution in [0.25, 0.3) is 0 Å². The zero-order valence-corrected chi connectivity index (χ0v) is 12.6. The van der Waals surface area contributed by atoms with Gasteiger partial charge in [0, 0.05) is 17.3 Å². The van der Waals surface area contributed by atoms with Crippen molar-refractivity contribution in [3.63, 3.8) is 0 Å². The summed E-state index contributed by atoms with van der Waals surface area (Å²) >= 11 is 5.96. The van der Waals surface area contributed by atoms with Crippen LogP contribution in [0.15, 0.2) is 48.5 Å². The predicted octanol–water partition coefficient (Wildman–Crippen LogP) is 4.32. The van der Waals surface area contributed by atoms with Crippen molar-refractivity contribution >= 4 is 23.2 Å². The molecule has 1 atom stereocenters. The lowest BCUT2D eigenvalue weighted by molar-refractivity contribution is 0.0683. The van der Waals surface area contributed by atoms with E-state index in [0.29, 0.717) is 11.6 Å². The van der Waals surface area contributed by atoms with E-state index in [9.17, 15) is 4.79 Å². The molecule has 0 saturated carbocycles. The number of fused-ring (bicyclic) bond motifs is 1. The molecule has 1 heterocycles. The van der Waals surface area contributed by atoms with Crippen LogP contribution >= 0.6 is 11.6 Å². The zero-order valence-electron chi connectivity index (χ0n) is 11.8. The second-order valence-electron chi connectivity index (χ2n) is 5.14. The van der Waals surface area contributed by atoms with Gasteiger partial charge in [0.15, 0.2) is 0 Å². The SMILES string of the molecule is CCCN1C(=O)c2ccccc2N[C@@H]1c1ccc(Cl)cc1. The van der Waals surface area contributed by atoms with E-state index in [1.807, 2.05) is 53.4 Å². The second-order valence-corrected chi connectivity index (χ2v) is 5.58. The molecule has 108 valence electrons. The van der Waals surface area contributed by atoms with Gasteiger partial charge in [-0.25, -0.2) is 0 Å². The minimum atomic E-state index is -0.149. The maximum absolute atomic E-state index is 12.7. The Bertz CT molecular complexity index is 654. The number of carbonyl (C=O) groups is 1. The van der Waals surface area contributed by atoms with Gasteiger partial charge in [-0.15, -0.1) is 0 Å². The molecule has 0 spiro atoms. The van der Waals surface area contributed by atoms with Crippen LogP contribution in [0.4, 0.5) is 5.69 Å². The minimum absolute atomic E-state index is 0.0751. The van der Waals surface area contributed by atoms with Crippen LogP contribution in [0.3, 0.4) is 0 Å². The first kappa shape index (κ1) is 14.0. The fraction of sp³-hybridized carbons (Fsp3) is 0.235. The third kappa shape index (κ3) is 2.61. The van der Waals surface area contributed by atoms with Crippen molar-refractivity contribution in [2.75, 3.05) is 11.9 Å². The minimum Gasteiger partial charge on any atom is -0.361 e. The van der Waals surface area contributed by atoms with Gasteiger partial charge in [-0.2, -0.15) is 0 Å². The normalized spacial score (nSPS) is 17.3. The van der Waals surface area contributed by atoms with Gasteiger partial charge in [0.05, 0.1) is 5.56 Å². The first-order valence-electron chi connectivity index (χ1n) is 7.12. The molecule has 0 saturated heterocycles. The lowest BCUT2D eigenvalue weighted by Gasteiger charge is -2.38. The molecule has 1 amide bonds. The highest BCUT2D eigenvalue weighted by Gasteiger charge is 2.31. The number of nitrogens with one attached hydrogen (secondary N) is 1. The zero-order chi connectivity index (χ0) is 14.8. The number of amides is 1. The summed E-state index contributed by atoms with van der Waals surface area (Å²) in [4.78, 5) is 14.6. The van der Waals surface area contributed by atoms with Gasteiger partial charge in [0.25, 0.3) is 5.91 Å². The molecule has 3 rings (SSSR count). The van der Waals surface area contributed by atoms with Crippen LogP contribution in [0.5, 0.6) is 0 Å². The van der Waals surface area contributed by atoms with Crippen LogP contribution in [-0.2, 0) is 0 Å². The number of nitrogens with zero attached hydrogens (tertiary/aromatic N) is 1. The van der Waals surface area contributed by atoms with Gasteiger partial charge in [0.1, 0.15) is 6.17 Å². The number of hydrogen-bond acceptors (Lipinski definition) is 2. The van der Waals surface area contributed by atoms with Crippen molar-refractivity contribution in [1.29, 1.82) is 0 Å². The van der Waals surface area contributed by atoms with E-state index in [2.05, 4.69) is 12.2 Å².